The Morgan fingerprint density at radius 2 is 2.00 bits per heavy atom. The first-order valence-electron chi connectivity index (χ1n) is 3.23. The summed E-state index contributed by atoms with van der Waals surface area (Å²) in [6.45, 7) is 3.06. The van der Waals surface area contributed by atoms with Crippen LogP contribution in [0.2, 0.25) is 0 Å². The van der Waals surface area contributed by atoms with Gasteiger partial charge in [-0.1, -0.05) is 13.8 Å². The Kier molecular flexibility index (Phi) is 8.07. The zero-order valence-electron chi connectivity index (χ0n) is 6.87. The maximum absolute atomic E-state index is 10.2. The van der Waals surface area contributed by atoms with E-state index in [0.29, 0.717) is 0 Å². The van der Waals surface area contributed by atoms with Crippen molar-refractivity contribution in [2.75, 3.05) is 6.61 Å². The van der Waals surface area contributed by atoms with Gasteiger partial charge in [0.1, 0.15) is 0 Å². The van der Waals surface area contributed by atoms with E-state index in [2.05, 4.69) is 0 Å². The molecule has 0 saturated heterocycles. The smallest absolute Gasteiger partial charge is 0.0454 e. The standard InChI is InChI=1S/C7H13O3.Y/c1-7(2,5-9)6(10)3-4-8;/h6,8,10H,3-4H2,1-2H3;/q-1;/t6-;/m1./s1. The summed E-state index contributed by atoms with van der Waals surface area (Å²) in [6, 6.07) is 0. The average Bonchev–Trinajstić information content (AvgIpc) is 1.89. The third-order valence-electron chi connectivity index (χ3n) is 1.50. The van der Waals surface area contributed by atoms with E-state index in [9.17, 15) is 4.79 Å². The fraction of sp³-hybridized carbons (Fsp3) is 0.857. The van der Waals surface area contributed by atoms with Crippen LogP contribution in [0.25, 0.3) is 0 Å². The van der Waals surface area contributed by atoms with E-state index >= 15 is 0 Å². The molecule has 0 fully saturated rings. The van der Waals surface area contributed by atoms with Gasteiger partial charge < -0.3 is 15.0 Å². The van der Waals surface area contributed by atoms with Crippen molar-refractivity contribution in [3.63, 3.8) is 0 Å². The molecule has 0 unspecified atom stereocenters. The van der Waals surface area contributed by atoms with Crippen molar-refractivity contribution in [3.8, 4) is 0 Å². The molecule has 3 nitrogen and oxygen atoms in total. The second kappa shape index (κ2) is 6.24. The number of carbonyl (C=O) groups excluding carboxylic acids is 1. The number of aliphatic hydroxyl groups excluding tert-OH is 2. The first-order valence-corrected chi connectivity index (χ1v) is 3.23. The van der Waals surface area contributed by atoms with Crippen LogP contribution in [0, 0.1) is 5.41 Å². The molecule has 4 heteroatoms. The Hall–Kier alpha value is 0.694. The fourth-order valence-corrected chi connectivity index (χ4v) is 0.551. The summed E-state index contributed by atoms with van der Waals surface area (Å²) in [4.78, 5) is 10.2. The molecular weight excluding hydrogens is 221 g/mol. The van der Waals surface area contributed by atoms with E-state index in [-0.39, 0.29) is 45.7 Å². The second-order valence-electron chi connectivity index (χ2n) is 2.85. The van der Waals surface area contributed by atoms with Gasteiger partial charge in [-0.05, 0) is 6.42 Å². The van der Waals surface area contributed by atoms with E-state index in [1.54, 1.807) is 20.1 Å². The summed E-state index contributed by atoms with van der Waals surface area (Å²) in [5, 5.41) is 17.6. The van der Waals surface area contributed by atoms with Crippen LogP contribution in [0.5, 0.6) is 0 Å². The molecule has 0 amide bonds. The predicted molar refractivity (Wildman–Crippen MR) is 37.2 cm³/mol. The van der Waals surface area contributed by atoms with Gasteiger partial charge in [0, 0.05) is 45.4 Å². The van der Waals surface area contributed by atoms with Crippen LogP contribution < -0.4 is 0 Å². The van der Waals surface area contributed by atoms with E-state index < -0.39 is 11.5 Å². The summed E-state index contributed by atoms with van der Waals surface area (Å²) in [7, 11) is 0. The summed E-state index contributed by atoms with van der Waals surface area (Å²) in [5.74, 6) is 0. The maximum atomic E-state index is 10.2. The molecular formula is C7H13O3Y-. The molecule has 0 aliphatic heterocycles. The molecule has 0 aliphatic rings. The Morgan fingerprint density at radius 3 is 2.27 bits per heavy atom. The number of hydrogen-bond donors (Lipinski definition) is 2. The van der Waals surface area contributed by atoms with Crippen molar-refractivity contribution in [1.82, 2.24) is 0 Å². The fourth-order valence-electron chi connectivity index (χ4n) is 0.551. The Labute approximate surface area is 92.1 Å². The third-order valence-corrected chi connectivity index (χ3v) is 1.50. The van der Waals surface area contributed by atoms with Crippen molar-refractivity contribution < 1.29 is 47.7 Å². The number of rotatable bonds is 4. The van der Waals surface area contributed by atoms with Crippen LogP contribution in [-0.4, -0.2) is 29.2 Å². The first kappa shape index (κ1) is 14.2. The molecule has 0 aromatic heterocycles. The molecule has 0 aromatic rings. The van der Waals surface area contributed by atoms with Gasteiger partial charge in [0.15, 0.2) is 0 Å². The van der Waals surface area contributed by atoms with Crippen LogP contribution in [0.3, 0.4) is 0 Å². The molecule has 11 heavy (non-hydrogen) atoms. The minimum absolute atomic E-state index is 0. The van der Waals surface area contributed by atoms with Crippen molar-refractivity contribution in [2.24, 2.45) is 5.41 Å². The van der Waals surface area contributed by atoms with Crippen molar-refractivity contribution >= 4 is 6.29 Å². The molecule has 0 aliphatic carbocycles. The SMILES string of the molecule is CC(C)([C-]=O)[C@H](O)CCO.[Y]. The van der Waals surface area contributed by atoms with E-state index in [4.69, 9.17) is 10.2 Å². The van der Waals surface area contributed by atoms with Gasteiger partial charge in [-0.25, -0.2) is 0 Å². The molecule has 0 spiro atoms. The quantitative estimate of drug-likeness (QED) is 0.666. The molecule has 0 rings (SSSR count). The van der Waals surface area contributed by atoms with Crippen molar-refractivity contribution in [3.05, 3.63) is 0 Å². The van der Waals surface area contributed by atoms with Crippen LogP contribution in [0.4, 0.5) is 0 Å². The van der Waals surface area contributed by atoms with Crippen LogP contribution in [0.15, 0.2) is 0 Å². The van der Waals surface area contributed by atoms with Crippen molar-refractivity contribution in [1.29, 1.82) is 0 Å². The monoisotopic (exact) mass is 234 g/mol. The molecule has 0 heterocycles. The zero-order chi connectivity index (χ0) is 8.20. The van der Waals surface area contributed by atoms with Crippen molar-refractivity contribution in [2.45, 2.75) is 26.4 Å². The van der Waals surface area contributed by atoms with Gasteiger partial charge in [-0.3, -0.25) is 6.29 Å². The molecule has 63 valence electrons. The van der Waals surface area contributed by atoms with Crippen LogP contribution in [0.1, 0.15) is 20.3 Å². The van der Waals surface area contributed by atoms with Crippen LogP contribution in [-0.2, 0) is 37.5 Å². The largest absolute Gasteiger partial charge is 0.541 e. The summed E-state index contributed by atoms with van der Waals surface area (Å²) >= 11 is 0. The predicted octanol–water partition coefficient (Wildman–Crippen LogP) is -0.137. The second-order valence-corrected chi connectivity index (χ2v) is 2.85. The molecule has 1 atom stereocenters. The van der Waals surface area contributed by atoms with E-state index in [0.717, 1.165) is 0 Å². The van der Waals surface area contributed by atoms with E-state index in [1.165, 1.54) is 0 Å². The topological polar surface area (TPSA) is 57.5 Å². The number of aliphatic hydroxyl groups is 2. The zero-order valence-corrected chi connectivity index (χ0v) is 9.71. The maximum Gasteiger partial charge on any atom is 0.0454 e. The average molecular weight is 234 g/mol. The minimum Gasteiger partial charge on any atom is -0.541 e. The first-order chi connectivity index (χ1) is 4.54. The van der Waals surface area contributed by atoms with Gasteiger partial charge in [0.05, 0.1) is 0 Å². The van der Waals surface area contributed by atoms with Crippen LogP contribution >= 0.6 is 0 Å². The summed E-state index contributed by atoms with van der Waals surface area (Å²) in [5.41, 5.74) is -0.858. The molecule has 0 saturated carbocycles. The third kappa shape index (κ3) is 5.02. The number of hydrogen-bond acceptors (Lipinski definition) is 3. The Morgan fingerprint density at radius 1 is 1.55 bits per heavy atom. The van der Waals surface area contributed by atoms with Gasteiger partial charge >= 0.3 is 0 Å². The molecule has 0 bridgehead atoms. The molecule has 2 N–H and O–H groups in total. The Balaban J connectivity index is 0. The van der Waals surface area contributed by atoms with E-state index in [1.807, 2.05) is 0 Å². The molecule has 0 aromatic carbocycles. The van der Waals surface area contributed by atoms with Gasteiger partial charge in [-0.15, -0.1) is 5.41 Å². The normalized spacial score (nSPS) is 13.5. The minimum atomic E-state index is -0.858. The summed E-state index contributed by atoms with van der Waals surface area (Å²) in [6.07, 6.45) is 1.14. The Bertz CT molecular complexity index is 114. The summed E-state index contributed by atoms with van der Waals surface area (Å²) < 4.78 is 0. The van der Waals surface area contributed by atoms with Gasteiger partial charge in [-0.2, -0.15) is 0 Å². The van der Waals surface area contributed by atoms with Gasteiger partial charge in [0.2, 0.25) is 0 Å². The molecule has 1 radical (unpaired) electrons. The van der Waals surface area contributed by atoms with Gasteiger partial charge in [0.25, 0.3) is 0 Å².